The van der Waals surface area contributed by atoms with Crippen molar-refractivity contribution in [3.8, 4) is 11.4 Å². The number of aromatic nitrogens is 2. The van der Waals surface area contributed by atoms with Gasteiger partial charge in [-0.3, -0.25) is 0 Å². The van der Waals surface area contributed by atoms with E-state index in [9.17, 15) is 0 Å². The lowest BCUT2D eigenvalue weighted by Gasteiger charge is -2.04. The van der Waals surface area contributed by atoms with Crippen LogP contribution in [0.15, 0.2) is 42.7 Å². The Morgan fingerprint density at radius 2 is 1.21 bits per heavy atom. The molecule has 0 saturated heterocycles. The first-order chi connectivity index (χ1) is 11.9. The normalized spacial score (nSPS) is 10.9. The van der Waals surface area contributed by atoms with Gasteiger partial charge in [0.1, 0.15) is 0 Å². The van der Waals surface area contributed by atoms with Gasteiger partial charge in [-0.05, 0) is 24.5 Å². The quantitative estimate of drug-likeness (QED) is 0.411. The summed E-state index contributed by atoms with van der Waals surface area (Å²) in [6.07, 6.45) is 18.7. The Kier molecular flexibility index (Phi) is 9.15. The van der Waals surface area contributed by atoms with E-state index >= 15 is 0 Å². The number of hydrogen-bond acceptors (Lipinski definition) is 2. The van der Waals surface area contributed by atoms with Crippen molar-refractivity contribution in [2.24, 2.45) is 0 Å². The van der Waals surface area contributed by atoms with Crippen molar-refractivity contribution >= 4 is 0 Å². The molecule has 0 fully saturated rings. The molecule has 0 saturated carbocycles. The van der Waals surface area contributed by atoms with Gasteiger partial charge in [0.05, 0.1) is 0 Å². The van der Waals surface area contributed by atoms with Crippen LogP contribution in [-0.4, -0.2) is 9.97 Å². The highest BCUT2D eigenvalue weighted by Crippen LogP contribution is 2.17. The molecule has 0 bridgehead atoms. The predicted molar refractivity (Wildman–Crippen MR) is 103 cm³/mol. The van der Waals surface area contributed by atoms with Crippen molar-refractivity contribution in [2.45, 2.75) is 77.6 Å². The number of hydrogen-bond donors (Lipinski definition) is 0. The van der Waals surface area contributed by atoms with E-state index in [-0.39, 0.29) is 0 Å². The van der Waals surface area contributed by atoms with Crippen LogP contribution in [0.1, 0.15) is 76.7 Å². The molecule has 0 spiro atoms. The Hall–Kier alpha value is -1.70. The summed E-state index contributed by atoms with van der Waals surface area (Å²) in [6.45, 7) is 2.28. The zero-order chi connectivity index (χ0) is 16.9. The molecule has 0 aliphatic carbocycles. The molecule has 2 heteroatoms. The monoisotopic (exact) mass is 324 g/mol. The smallest absolute Gasteiger partial charge is 0.159 e. The Labute approximate surface area is 147 Å². The molecule has 1 aromatic carbocycles. The third-order valence-electron chi connectivity index (χ3n) is 4.60. The fourth-order valence-electron chi connectivity index (χ4n) is 3.09. The fraction of sp³-hybridized carbons (Fsp3) is 0.545. The third kappa shape index (κ3) is 7.25. The highest BCUT2D eigenvalue weighted by atomic mass is 14.8. The van der Waals surface area contributed by atoms with E-state index in [1.54, 1.807) is 12.4 Å². The van der Waals surface area contributed by atoms with Gasteiger partial charge in [-0.25, -0.2) is 9.97 Å². The summed E-state index contributed by atoms with van der Waals surface area (Å²) in [6, 6.07) is 10.6. The van der Waals surface area contributed by atoms with Crippen LogP contribution >= 0.6 is 0 Å². The molecule has 0 atom stereocenters. The first kappa shape index (κ1) is 18.6. The SMILES string of the molecule is CCCCCCCCCCCCc1ccc(-c2ncccn2)cc1. The van der Waals surface area contributed by atoms with Crippen molar-refractivity contribution in [1.82, 2.24) is 9.97 Å². The minimum atomic E-state index is 0.808. The largest absolute Gasteiger partial charge is 0.237 e. The van der Waals surface area contributed by atoms with Crippen molar-refractivity contribution in [3.05, 3.63) is 48.3 Å². The number of benzene rings is 1. The van der Waals surface area contributed by atoms with Crippen LogP contribution in [0.3, 0.4) is 0 Å². The van der Waals surface area contributed by atoms with Crippen LogP contribution in [0.4, 0.5) is 0 Å². The predicted octanol–water partition coefficient (Wildman–Crippen LogP) is 6.61. The number of nitrogens with zero attached hydrogens (tertiary/aromatic N) is 2. The van der Waals surface area contributed by atoms with Crippen LogP contribution in [0, 0.1) is 0 Å². The van der Waals surface area contributed by atoms with E-state index in [0.29, 0.717) is 0 Å². The maximum Gasteiger partial charge on any atom is 0.159 e. The minimum Gasteiger partial charge on any atom is -0.237 e. The third-order valence-corrected chi connectivity index (χ3v) is 4.60. The second-order valence-corrected chi connectivity index (χ2v) is 6.70. The lowest BCUT2D eigenvalue weighted by atomic mass is 10.0. The summed E-state index contributed by atoms with van der Waals surface area (Å²) < 4.78 is 0. The molecule has 2 aromatic rings. The second kappa shape index (κ2) is 11.8. The average molecular weight is 325 g/mol. The molecule has 0 N–H and O–H groups in total. The van der Waals surface area contributed by atoms with E-state index in [0.717, 1.165) is 11.4 Å². The first-order valence-electron chi connectivity index (χ1n) is 9.76. The molecule has 1 heterocycles. The van der Waals surface area contributed by atoms with Gasteiger partial charge in [0.15, 0.2) is 5.82 Å². The van der Waals surface area contributed by atoms with Crippen LogP contribution in [-0.2, 0) is 6.42 Å². The average Bonchev–Trinajstić information content (AvgIpc) is 2.64. The van der Waals surface area contributed by atoms with Crippen LogP contribution in [0.25, 0.3) is 11.4 Å². The van der Waals surface area contributed by atoms with Gasteiger partial charge in [-0.1, -0.05) is 89.0 Å². The summed E-state index contributed by atoms with van der Waals surface area (Å²) >= 11 is 0. The van der Waals surface area contributed by atoms with Crippen molar-refractivity contribution < 1.29 is 0 Å². The molecule has 1 aromatic heterocycles. The van der Waals surface area contributed by atoms with Crippen molar-refractivity contribution in [2.75, 3.05) is 0 Å². The number of rotatable bonds is 12. The van der Waals surface area contributed by atoms with Crippen molar-refractivity contribution in [1.29, 1.82) is 0 Å². The Morgan fingerprint density at radius 1 is 0.667 bits per heavy atom. The lowest BCUT2D eigenvalue weighted by Crippen LogP contribution is -1.89. The summed E-state index contributed by atoms with van der Waals surface area (Å²) in [4.78, 5) is 8.59. The first-order valence-corrected chi connectivity index (χ1v) is 9.76. The highest BCUT2D eigenvalue weighted by Gasteiger charge is 2.00. The standard InChI is InChI=1S/C22H32N2/c1-2-3-4-5-6-7-8-9-10-11-13-20-14-16-21(17-15-20)22-23-18-12-19-24-22/h12,14-19H,2-11,13H2,1H3. The fourth-order valence-corrected chi connectivity index (χ4v) is 3.09. The topological polar surface area (TPSA) is 25.8 Å². The lowest BCUT2D eigenvalue weighted by molar-refractivity contribution is 0.556. The van der Waals surface area contributed by atoms with Crippen molar-refractivity contribution in [3.63, 3.8) is 0 Å². The van der Waals surface area contributed by atoms with Gasteiger partial charge in [0, 0.05) is 18.0 Å². The van der Waals surface area contributed by atoms with Crippen LogP contribution < -0.4 is 0 Å². The maximum absolute atomic E-state index is 4.29. The molecule has 0 amide bonds. The summed E-state index contributed by atoms with van der Waals surface area (Å²) in [5, 5.41) is 0. The molecule has 130 valence electrons. The van der Waals surface area contributed by atoms with E-state index in [4.69, 9.17) is 0 Å². The van der Waals surface area contributed by atoms with Gasteiger partial charge in [0.25, 0.3) is 0 Å². The van der Waals surface area contributed by atoms with Gasteiger partial charge in [-0.2, -0.15) is 0 Å². The van der Waals surface area contributed by atoms with E-state index in [1.165, 1.54) is 76.2 Å². The number of unbranched alkanes of at least 4 members (excludes halogenated alkanes) is 9. The van der Waals surface area contributed by atoms with Gasteiger partial charge < -0.3 is 0 Å². The Morgan fingerprint density at radius 3 is 1.79 bits per heavy atom. The molecular weight excluding hydrogens is 292 g/mol. The zero-order valence-electron chi connectivity index (χ0n) is 15.2. The van der Waals surface area contributed by atoms with E-state index < -0.39 is 0 Å². The number of aryl methyl sites for hydroxylation is 1. The second-order valence-electron chi connectivity index (χ2n) is 6.70. The van der Waals surface area contributed by atoms with Crippen LogP contribution in [0.5, 0.6) is 0 Å². The molecule has 24 heavy (non-hydrogen) atoms. The van der Waals surface area contributed by atoms with Gasteiger partial charge in [-0.15, -0.1) is 0 Å². The van der Waals surface area contributed by atoms with Gasteiger partial charge in [0.2, 0.25) is 0 Å². The Bertz CT molecular complexity index is 534. The molecule has 2 rings (SSSR count). The molecule has 0 aliphatic rings. The summed E-state index contributed by atoms with van der Waals surface area (Å²) in [5.74, 6) is 0.808. The highest BCUT2D eigenvalue weighted by molar-refractivity contribution is 5.54. The molecular formula is C22H32N2. The maximum atomic E-state index is 4.29. The minimum absolute atomic E-state index is 0.808. The van der Waals surface area contributed by atoms with Crippen LogP contribution in [0.2, 0.25) is 0 Å². The van der Waals surface area contributed by atoms with E-state index in [2.05, 4.69) is 41.2 Å². The zero-order valence-corrected chi connectivity index (χ0v) is 15.2. The summed E-state index contributed by atoms with van der Waals surface area (Å²) in [5.41, 5.74) is 2.52. The molecule has 0 aliphatic heterocycles. The molecule has 2 nitrogen and oxygen atoms in total. The molecule has 0 unspecified atom stereocenters. The molecule has 0 radical (unpaired) electrons. The Balaban J connectivity index is 1.55. The van der Waals surface area contributed by atoms with E-state index in [1.807, 2.05) is 6.07 Å². The summed E-state index contributed by atoms with van der Waals surface area (Å²) in [7, 11) is 0. The van der Waals surface area contributed by atoms with Gasteiger partial charge >= 0.3 is 0 Å².